The average Bonchev–Trinajstić information content (AvgIpc) is 3.43. The van der Waals surface area contributed by atoms with E-state index in [0.717, 1.165) is 36.4 Å². The molecule has 20 atom stereocenters. The SMILES string of the molecule is O=C(/C=C/c1ccc(O)cc1)OC[C@@H]1O[C@@H](O[C@@H]2[C@H](O[C@@H]3[C@H](Oc4c(-c5ccc(O)c(O)c5)oc5cc(O[C@@H]6O[C@H](CO)[C@@H](O)[C@H](O)[C@H]6O)cc(O)c5c4=O)O[C@H](CO)[C@@H](O)[C@H]3O)O[C@@H](CO)[C@@H](O)[C@H]2O)[C@H](O)[C@H](O)[C@H]1O. The van der Waals surface area contributed by atoms with Crippen molar-refractivity contribution in [3.63, 3.8) is 0 Å². The van der Waals surface area contributed by atoms with E-state index in [0.29, 0.717) is 5.56 Å². The van der Waals surface area contributed by atoms with Crippen LogP contribution in [0.3, 0.4) is 0 Å². The monoisotopic (exact) mass is 1100 g/mol. The van der Waals surface area contributed by atoms with Gasteiger partial charge in [0, 0.05) is 23.8 Å². The topological polar surface area (TPSA) is 474 Å². The van der Waals surface area contributed by atoms with Gasteiger partial charge in [-0.3, -0.25) is 4.79 Å². The Bertz CT molecular complexity index is 2750. The zero-order valence-electron chi connectivity index (χ0n) is 39.7. The normalized spacial score (nSPS) is 35.7. The minimum atomic E-state index is -2.24. The van der Waals surface area contributed by atoms with Crippen molar-refractivity contribution in [1.29, 1.82) is 0 Å². The summed E-state index contributed by atoms with van der Waals surface area (Å²) in [6, 6.07) is 10.5. The quantitative estimate of drug-likeness (QED) is 0.0283. The maximum atomic E-state index is 14.6. The molecule has 0 radical (unpaired) electrons. The standard InChI is InChI=1S/C48H56O29/c49-12-24-30(57)35(62)39(66)45(71-24)69-19-10-22(55)29-23(11-19)70-41(17-4-7-20(53)21(54)9-17)42(34(29)61)75-47-44(38(65)32(59)25(13-50)72-47)77-48-43(37(64)31(58)26(14-51)73-48)76-46-40(67)36(63)33(60)27(74-46)15-68-28(56)8-3-16-1-5-18(52)6-2-16/h1-11,24-27,30-33,35-40,43-55,57-60,62-67H,12-15H2/b8-3+/t24-,25-,26+,27+,30-,31-,32-,33+,35+,36-,37-,38-,39-,40-,43+,44+,45-,46+,47+,48+/m1/s1. The van der Waals surface area contributed by atoms with Crippen LogP contribution in [-0.4, -0.2) is 242 Å². The van der Waals surface area contributed by atoms with Crippen LogP contribution in [0.5, 0.6) is 34.5 Å². The van der Waals surface area contributed by atoms with Crippen molar-refractivity contribution in [2.45, 2.75) is 123 Å². The third-order valence-electron chi connectivity index (χ3n) is 13.1. The molecule has 5 heterocycles. The number of hydrogen-bond donors (Lipinski definition) is 17. The van der Waals surface area contributed by atoms with Crippen LogP contribution in [-0.2, 0) is 38.0 Å². The molecule has 4 aromatic rings. The largest absolute Gasteiger partial charge is 0.508 e. The van der Waals surface area contributed by atoms with Crippen molar-refractivity contribution in [2.75, 3.05) is 26.4 Å². The smallest absolute Gasteiger partial charge is 0.330 e. The van der Waals surface area contributed by atoms with Gasteiger partial charge in [-0.2, -0.15) is 0 Å². The molecule has 0 spiro atoms. The summed E-state index contributed by atoms with van der Waals surface area (Å²) in [6.45, 7) is -3.65. The number of carbonyl (C=O) groups is 1. The third-order valence-corrected chi connectivity index (χ3v) is 13.1. The van der Waals surface area contributed by atoms with Gasteiger partial charge in [-0.05, 0) is 42.0 Å². The molecule has 422 valence electrons. The molecule has 3 aromatic carbocycles. The Morgan fingerprint density at radius 2 is 1.06 bits per heavy atom. The summed E-state index contributed by atoms with van der Waals surface area (Å²) in [4.78, 5) is 27.2. The first-order chi connectivity index (χ1) is 36.6. The Balaban J connectivity index is 1.11. The molecule has 0 amide bonds. The minimum absolute atomic E-state index is 0.0288. The maximum Gasteiger partial charge on any atom is 0.330 e. The van der Waals surface area contributed by atoms with Crippen molar-refractivity contribution < 1.29 is 139 Å². The Morgan fingerprint density at radius 3 is 1.68 bits per heavy atom. The number of phenolic OH excluding ortho intramolecular Hbond substituents is 4. The summed E-state index contributed by atoms with van der Waals surface area (Å²) < 4.78 is 57.4. The lowest BCUT2D eigenvalue weighted by molar-refractivity contribution is -0.389. The number of aliphatic hydroxyl groups excluding tert-OH is 13. The number of carbonyl (C=O) groups excluding carboxylic acids is 1. The zero-order valence-corrected chi connectivity index (χ0v) is 39.7. The number of hydrogen-bond acceptors (Lipinski definition) is 29. The maximum absolute atomic E-state index is 14.6. The van der Waals surface area contributed by atoms with E-state index in [4.69, 9.17) is 47.0 Å². The first-order valence-electron chi connectivity index (χ1n) is 23.5. The Hall–Kier alpha value is -5.88. The van der Waals surface area contributed by atoms with Crippen LogP contribution in [0.1, 0.15) is 5.56 Å². The van der Waals surface area contributed by atoms with Gasteiger partial charge in [-0.25, -0.2) is 4.79 Å². The fraction of sp³-hybridized carbons (Fsp3) is 0.500. The summed E-state index contributed by atoms with van der Waals surface area (Å²) in [7, 11) is 0. The number of aliphatic hydroxyl groups is 13. The molecule has 0 saturated carbocycles. The van der Waals surface area contributed by atoms with Gasteiger partial charge in [0.25, 0.3) is 0 Å². The van der Waals surface area contributed by atoms with Crippen LogP contribution in [0, 0.1) is 0 Å². The van der Waals surface area contributed by atoms with E-state index in [1.54, 1.807) is 0 Å². The summed E-state index contributed by atoms with van der Waals surface area (Å²) in [5, 5.41) is 180. The molecule has 8 rings (SSSR count). The summed E-state index contributed by atoms with van der Waals surface area (Å²) in [6.07, 6.45) is -37.1. The van der Waals surface area contributed by atoms with Crippen molar-refractivity contribution in [2.24, 2.45) is 0 Å². The number of rotatable bonds is 16. The fourth-order valence-corrected chi connectivity index (χ4v) is 8.75. The van der Waals surface area contributed by atoms with Crippen LogP contribution in [0.15, 0.2) is 69.9 Å². The number of aromatic hydroxyl groups is 4. The second-order valence-corrected chi connectivity index (χ2v) is 18.2. The number of ether oxygens (including phenoxy) is 9. The van der Waals surface area contributed by atoms with E-state index in [2.05, 4.69) is 0 Å². The van der Waals surface area contributed by atoms with Crippen molar-refractivity contribution in [3.8, 4) is 45.8 Å². The van der Waals surface area contributed by atoms with Gasteiger partial charge in [0.05, 0.1) is 19.8 Å². The highest BCUT2D eigenvalue weighted by atomic mass is 16.8. The van der Waals surface area contributed by atoms with Crippen molar-refractivity contribution >= 4 is 23.0 Å². The molecule has 0 bridgehead atoms. The highest BCUT2D eigenvalue weighted by Crippen LogP contribution is 2.41. The first-order valence-corrected chi connectivity index (χ1v) is 23.5. The molecule has 4 aliphatic rings. The molecule has 17 N–H and O–H groups in total. The lowest BCUT2D eigenvalue weighted by Gasteiger charge is -2.48. The van der Waals surface area contributed by atoms with Crippen LogP contribution in [0.2, 0.25) is 0 Å². The van der Waals surface area contributed by atoms with E-state index in [1.807, 2.05) is 0 Å². The molecule has 29 nitrogen and oxygen atoms in total. The number of esters is 1. The van der Waals surface area contributed by atoms with Crippen LogP contribution < -0.4 is 14.9 Å². The van der Waals surface area contributed by atoms with Crippen LogP contribution in [0.25, 0.3) is 28.4 Å². The minimum Gasteiger partial charge on any atom is -0.508 e. The van der Waals surface area contributed by atoms with Gasteiger partial charge < -0.3 is 134 Å². The summed E-state index contributed by atoms with van der Waals surface area (Å²) >= 11 is 0. The van der Waals surface area contributed by atoms with Crippen LogP contribution in [0.4, 0.5) is 0 Å². The van der Waals surface area contributed by atoms with Gasteiger partial charge in [0.15, 0.2) is 35.9 Å². The van der Waals surface area contributed by atoms with E-state index < -0.39 is 206 Å². The van der Waals surface area contributed by atoms with E-state index in [-0.39, 0.29) is 11.3 Å². The molecular weight excluding hydrogens is 1040 g/mol. The number of benzene rings is 3. The van der Waals surface area contributed by atoms with Gasteiger partial charge in [0.2, 0.25) is 23.8 Å². The van der Waals surface area contributed by atoms with Gasteiger partial charge in [-0.1, -0.05) is 12.1 Å². The summed E-state index contributed by atoms with van der Waals surface area (Å²) in [5.41, 5.74) is -1.53. The predicted molar refractivity (Wildman–Crippen MR) is 248 cm³/mol. The molecule has 4 aliphatic heterocycles. The van der Waals surface area contributed by atoms with Crippen molar-refractivity contribution in [3.05, 3.63) is 76.5 Å². The van der Waals surface area contributed by atoms with Gasteiger partial charge >= 0.3 is 5.97 Å². The molecule has 1 aromatic heterocycles. The molecule has 0 unspecified atom stereocenters. The Labute approximate surface area is 432 Å². The molecule has 77 heavy (non-hydrogen) atoms. The Morgan fingerprint density at radius 1 is 0.532 bits per heavy atom. The average molecular weight is 1100 g/mol. The Kier molecular flexibility index (Phi) is 17.9. The predicted octanol–water partition coefficient (Wildman–Crippen LogP) is -5.45. The molecule has 0 aliphatic carbocycles. The third kappa shape index (κ3) is 11.9. The van der Waals surface area contributed by atoms with E-state index in [1.165, 1.54) is 30.3 Å². The van der Waals surface area contributed by atoms with E-state index in [9.17, 15) is 96.4 Å². The van der Waals surface area contributed by atoms with Gasteiger partial charge in [0.1, 0.15) is 126 Å². The van der Waals surface area contributed by atoms with E-state index >= 15 is 0 Å². The summed E-state index contributed by atoms with van der Waals surface area (Å²) in [5.74, 6) is -5.30. The highest BCUT2D eigenvalue weighted by molar-refractivity contribution is 5.89. The molecule has 4 saturated heterocycles. The van der Waals surface area contributed by atoms with Crippen LogP contribution >= 0.6 is 0 Å². The zero-order chi connectivity index (χ0) is 55.7. The second kappa shape index (κ2) is 24.0. The highest BCUT2D eigenvalue weighted by Gasteiger charge is 2.55. The molecular formula is C48H56O29. The van der Waals surface area contributed by atoms with Crippen molar-refractivity contribution in [1.82, 2.24) is 0 Å². The number of fused-ring (bicyclic) bond motifs is 1. The molecule has 4 fully saturated rings. The van der Waals surface area contributed by atoms with Gasteiger partial charge in [-0.15, -0.1) is 0 Å². The second-order valence-electron chi connectivity index (χ2n) is 18.2. The fourth-order valence-electron chi connectivity index (χ4n) is 8.75. The number of phenols is 4. The lowest BCUT2D eigenvalue weighted by Crippen LogP contribution is -2.67. The lowest BCUT2D eigenvalue weighted by atomic mass is 9.96. The molecule has 29 heteroatoms. The first kappa shape index (κ1) is 57.3.